The molecule has 0 aliphatic rings. The molecule has 0 aliphatic heterocycles. The first-order valence-electron chi connectivity index (χ1n) is 6.63. The van der Waals surface area contributed by atoms with Crippen molar-refractivity contribution in [2.24, 2.45) is 17.8 Å². The molecule has 0 radical (unpaired) electrons. The number of hydrogen-bond acceptors (Lipinski definition) is 2. The number of carbonyl (C=O) groups excluding carboxylic acids is 1. The summed E-state index contributed by atoms with van der Waals surface area (Å²) in [5.74, 6) is 1.21. The third-order valence-corrected chi connectivity index (χ3v) is 6.19. The van der Waals surface area contributed by atoms with Crippen molar-refractivity contribution in [3.8, 4) is 0 Å². The van der Waals surface area contributed by atoms with E-state index < -0.39 is 9.04 Å². The second-order valence-electron chi connectivity index (χ2n) is 5.97. The van der Waals surface area contributed by atoms with Gasteiger partial charge in [-0.2, -0.15) is 0 Å². The largest absolute Gasteiger partial charge is 0.519 e. The van der Waals surface area contributed by atoms with Crippen LogP contribution >= 0.6 is 0 Å². The highest BCUT2D eigenvalue weighted by Crippen LogP contribution is 2.18. The van der Waals surface area contributed by atoms with E-state index in [2.05, 4.69) is 34.3 Å². The van der Waals surface area contributed by atoms with Crippen LogP contribution in [0.4, 0.5) is 0 Å². The topological polar surface area (TPSA) is 26.3 Å². The average Bonchev–Trinajstić information content (AvgIpc) is 2.13. The standard InChI is InChI=1S/C14H28O2Si/c1-10(2)8-17(9-11(3)4)16-14(15)13(7)12(5)6/h10-12,17H,7-9H2,1-6H3. The van der Waals surface area contributed by atoms with Gasteiger partial charge in [-0.1, -0.05) is 48.1 Å². The van der Waals surface area contributed by atoms with Gasteiger partial charge in [0.2, 0.25) is 9.04 Å². The average molecular weight is 256 g/mol. The van der Waals surface area contributed by atoms with Crippen LogP contribution in [0.5, 0.6) is 0 Å². The predicted octanol–water partition coefficient (Wildman–Crippen LogP) is 3.78. The molecule has 0 N–H and O–H groups in total. The monoisotopic (exact) mass is 256 g/mol. The SMILES string of the molecule is C=C(C(=O)O[SiH](CC(C)C)CC(C)C)C(C)C. The molecule has 0 spiro atoms. The van der Waals surface area contributed by atoms with E-state index in [4.69, 9.17) is 4.43 Å². The number of rotatable bonds is 7. The highest BCUT2D eigenvalue weighted by atomic mass is 28.3. The van der Waals surface area contributed by atoms with E-state index in [9.17, 15) is 4.79 Å². The molecule has 3 heteroatoms. The summed E-state index contributed by atoms with van der Waals surface area (Å²) in [7, 11) is -1.42. The highest BCUT2D eigenvalue weighted by molar-refractivity contribution is 6.54. The molecular formula is C14H28O2Si. The van der Waals surface area contributed by atoms with Gasteiger partial charge in [0.1, 0.15) is 0 Å². The molecule has 0 amide bonds. The van der Waals surface area contributed by atoms with E-state index in [0.29, 0.717) is 17.4 Å². The van der Waals surface area contributed by atoms with Crippen LogP contribution in [0.3, 0.4) is 0 Å². The Labute approximate surface area is 108 Å². The molecule has 0 unspecified atom stereocenters. The first-order chi connectivity index (χ1) is 7.73. The van der Waals surface area contributed by atoms with Crippen LogP contribution in [0.15, 0.2) is 12.2 Å². The Morgan fingerprint density at radius 3 is 1.76 bits per heavy atom. The summed E-state index contributed by atoms with van der Waals surface area (Å²) in [6.07, 6.45) is 0. The van der Waals surface area contributed by atoms with Crippen LogP contribution in [0, 0.1) is 17.8 Å². The van der Waals surface area contributed by atoms with Gasteiger partial charge in [-0.15, -0.1) is 0 Å². The molecule has 0 fully saturated rings. The smallest absolute Gasteiger partial charge is 0.320 e. The molecule has 0 atom stereocenters. The summed E-state index contributed by atoms with van der Waals surface area (Å²) in [5.41, 5.74) is 0.606. The number of carbonyl (C=O) groups is 1. The fourth-order valence-electron chi connectivity index (χ4n) is 1.71. The van der Waals surface area contributed by atoms with Crippen LogP contribution in [0.25, 0.3) is 0 Å². The van der Waals surface area contributed by atoms with Gasteiger partial charge in [0.15, 0.2) is 0 Å². The molecule has 0 saturated carbocycles. The quantitative estimate of drug-likeness (QED) is 0.512. The lowest BCUT2D eigenvalue weighted by molar-refractivity contribution is -0.131. The zero-order valence-electron chi connectivity index (χ0n) is 12.2. The van der Waals surface area contributed by atoms with E-state index in [1.807, 2.05) is 13.8 Å². The van der Waals surface area contributed by atoms with Gasteiger partial charge in [-0.25, -0.2) is 4.79 Å². The zero-order chi connectivity index (χ0) is 13.6. The summed E-state index contributed by atoms with van der Waals surface area (Å²) in [5, 5.41) is 0. The van der Waals surface area contributed by atoms with Crippen molar-refractivity contribution < 1.29 is 9.22 Å². The Balaban J connectivity index is 4.41. The molecule has 0 aromatic rings. The van der Waals surface area contributed by atoms with Gasteiger partial charge in [0.25, 0.3) is 0 Å². The fourth-order valence-corrected chi connectivity index (χ4v) is 4.65. The Morgan fingerprint density at radius 1 is 1.06 bits per heavy atom. The summed E-state index contributed by atoms with van der Waals surface area (Å²) in [6, 6.07) is 2.13. The lowest BCUT2D eigenvalue weighted by Crippen LogP contribution is -2.27. The summed E-state index contributed by atoms with van der Waals surface area (Å²) < 4.78 is 5.70. The maximum absolute atomic E-state index is 11.9. The van der Waals surface area contributed by atoms with E-state index in [-0.39, 0.29) is 11.9 Å². The summed E-state index contributed by atoms with van der Waals surface area (Å²) >= 11 is 0. The van der Waals surface area contributed by atoms with Gasteiger partial charge in [0, 0.05) is 5.57 Å². The van der Waals surface area contributed by atoms with Crippen LogP contribution in [0.1, 0.15) is 41.5 Å². The van der Waals surface area contributed by atoms with Crippen molar-refractivity contribution in [3.05, 3.63) is 12.2 Å². The Morgan fingerprint density at radius 2 is 1.47 bits per heavy atom. The molecule has 100 valence electrons. The Bertz CT molecular complexity index is 247. The van der Waals surface area contributed by atoms with Crippen molar-refractivity contribution in [3.63, 3.8) is 0 Å². The minimum Gasteiger partial charge on any atom is -0.519 e. The van der Waals surface area contributed by atoms with Crippen molar-refractivity contribution in [2.75, 3.05) is 0 Å². The highest BCUT2D eigenvalue weighted by Gasteiger charge is 2.22. The minimum atomic E-state index is -1.42. The lowest BCUT2D eigenvalue weighted by atomic mass is 10.1. The molecule has 0 aromatic heterocycles. The number of hydrogen-bond donors (Lipinski definition) is 0. The van der Waals surface area contributed by atoms with Gasteiger partial charge in [-0.05, 0) is 29.8 Å². The van der Waals surface area contributed by atoms with Crippen LogP contribution < -0.4 is 0 Å². The molecule has 2 nitrogen and oxygen atoms in total. The van der Waals surface area contributed by atoms with Gasteiger partial charge < -0.3 is 4.43 Å². The zero-order valence-corrected chi connectivity index (χ0v) is 13.4. The van der Waals surface area contributed by atoms with E-state index in [1.165, 1.54) is 0 Å². The Kier molecular flexibility index (Phi) is 7.44. The van der Waals surface area contributed by atoms with E-state index in [0.717, 1.165) is 12.1 Å². The first-order valence-corrected chi connectivity index (χ1v) is 8.74. The second kappa shape index (κ2) is 7.70. The third kappa shape index (κ3) is 7.37. The van der Waals surface area contributed by atoms with Crippen LogP contribution in [-0.4, -0.2) is 15.0 Å². The summed E-state index contributed by atoms with van der Waals surface area (Å²) in [6.45, 7) is 16.5. The molecule has 0 saturated heterocycles. The normalized spacial score (nSPS) is 11.6. The molecular weight excluding hydrogens is 228 g/mol. The third-order valence-electron chi connectivity index (χ3n) is 2.70. The van der Waals surface area contributed by atoms with Crippen LogP contribution in [-0.2, 0) is 9.22 Å². The van der Waals surface area contributed by atoms with Crippen molar-refractivity contribution in [2.45, 2.75) is 53.6 Å². The molecule has 17 heavy (non-hydrogen) atoms. The van der Waals surface area contributed by atoms with E-state index in [1.54, 1.807) is 0 Å². The maximum Gasteiger partial charge on any atom is 0.320 e. The van der Waals surface area contributed by atoms with E-state index >= 15 is 0 Å². The van der Waals surface area contributed by atoms with Gasteiger partial charge in [-0.3, -0.25) is 0 Å². The first kappa shape index (κ1) is 16.4. The molecule has 0 bridgehead atoms. The van der Waals surface area contributed by atoms with Crippen LogP contribution in [0.2, 0.25) is 12.1 Å². The van der Waals surface area contributed by atoms with Crippen molar-refractivity contribution in [1.82, 2.24) is 0 Å². The molecule has 0 aliphatic carbocycles. The van der Waals surface area contributed by atoms with Gasteiger partial charge in [0.05, 0.1) is 0 Å². The predicted molar refractivity (Wildman–Crippen MR) is 76.5 cm³/mol. The van der Waals surface area contributed by atoms with Gasteiger partial charge >= 0.3 is 5.97 Å². The van der Waals surface area contributed by atoms with Crippen molar-refractivity contribution in [1.29, 1.82) is 0 Å². The molecule has 0 aromatic carbocycles. The second-order valence-corrected chi connectivity index (χ2v) is 8.39. The van der Waals surface area contributed by atoms with Crippen molar-refractivity contribution >= 4 is 15.0 Å². The Hall–Kier alpha value is -0.573. The molecule has 0 heterocycles. The molecule has 0 rings (SSSR count). The maximum atomic E-state index is 11.9. The lowest BCUT2D eigenvalue weighted by Gasteiger charge is -2.21. The minimum absolute atomic E-state index is 0.169. The fraction of sp³-hybridized carbons (Fsp3) is 0.786. The summed E-state index contributed by atoms with van der Waals surface area (Å²) in [4.78, 5) is 11.9.